The van der Waals surface area contributed by atoms with Gasteiger partial charge in [-0.05, 0) is 12.1 Å². The predicted molar refractivity (Wildman–Crippen MR) is 67.1 cm³/mol. The van der Waals surface area contributed by atoms with Crippen molar-refractivity contribution in [2.75, 3.05) is 18.5 Å². The van der Waals surface area contributed by atoms with Gasteiger partial charge in [0, 0.05) is 31.4 Å². The summed E-state index contributed by atoms with van der Waals surface area (Å²) in [5.74, 6) is -0.467. The predicted octanol–water partition coefficient (Wildman–Crippen LogP) is 0.189. The molecule has 0 fully saturated rings. The maximum Gasteiger partial charge on any atom is 0.267 e. The third-order valence-electron chi connectivity index (χ3n) is 2.52. The van der Waals surface area contributed by atoms with Gasteiger partial charge in [0.15, 0.2) is 0 Å². The van der Waals surface area contributed by atoms with Gasteiger partial charge < -0.3 is 16.4 Å². The maximum atomic E-state index is 11.0. The van der Waals surface area contributed by atoms with Crippen molar-refractivity contribution >= 4 is 17.4 Å². The van der Waals surface area contributed by atoms with E-state index in [-0.39, 0.29) is 17.4 Å². The average Bonchev–Trinajstić information content (AvgIpc) is 2.28. The Hall–Kier alpha value is -2.11. The van der Waals surface area contributed by atoms with Crippen LogP contribution in [0, 0.1) is 11.3 Å². The molecular weight excluding hydrogens is 218 g/mol. The lowest BCUT2D eigenvalue weighted by molar-refractivity contribution is 0.0995. The zero-order valence-corrected chi connectivity index (χ0v) is 9.97. The Balaban J connectivity index is 2.82. The van der Waals surface area contributed by atoms with Crippen LogP contribution in [-0.2, 0) is 0 Å². The average molecular weight is 235 g/mol. The second-order valence-electron chi connectivity index (χ2n) is 4.00. The highest BCUT2D eigenvalue weighted by molar-refractivity contribution is 5.91. The second-order valence-corrected chi connectivity index (χ2v) is 4.00. The summed E-state index contributed by atoms with van der Waals surface area (Å²) in [5, 5.41) is 7.33. The number of hydrogen-bond acceptors (Lipinski definition) is 4. The molecule has 1 amide bonds. The smallest absolute Gasteiger partial charge is 0.267 e. The highest BCUT2D eigenvalue weighted by Crippen LogP contribution is 2.14. The number of carbonyl (C=O) groups excluding carboxylic acids is 1. The summed E-state index contributed by atoms with van der Waals surface area (Å²) < 4.78 is 0. The van der Waals surface area contributed by atoms with Gasteiger partial charge in [0.25, 0.3) is 5.91 Å². The van der Waals surface area contributed by atoms with E-state index in [1.807, 2.05) is 18.9 Å². The number of aromatic nitrogens is 1. The molecule has 0 bridgehead atoms. The van der Waals surface area contributed by atoms with Crippen LogP contribution in [0.1, 0.15) is 17.4 Å². The number of pyridine rings is 1. The van der Waals surface area contributed by atoms with Crippen LogP contribution in [0.25, 0.3) is 0 Å². The van der Waals surface area contributed by atoms with E-state index in [4.69, 9.17) is 16.9 Å². The Labute approximate surface area is 100 Å². The molecule has 0 saturated heterocycles. The van der Waals surface area contributed by atoms with Gasteiger partial charge in [-0.15, -0.1) is 0 Å². The van der Waals surface area contributed by atoms with Gasteiger partial charge in [0.1, 0.15) is 5.69 Å². The zero-order chi connectivity index (χ0) is 13.0. The Kier molecular flexibility index (Phi) is 4.03. The van der Waals surface area contributed by atoms with Gasteiger partial charge in [0.2, 0.25) is 0 Å². The Bertz CT molecular complexity index is 432. The van der Waals surface area contributed by atoms with E-state index >= 15 is 0 Å². The SMILES string of the molecule is CC(CN(C)c1ccnc(C(N)=O)c1)C(=N)N. The van der Waals surface area contributed by atoms with Crippen molar-refractivity contribution in [3.63, 3.8) is 0 Å². The molecule has 1 aromatic heterocycles. The number of nitrogens with two attached hydrogens (primary N) is 2. The van der Waals surface area contributed by atoms with E-state index in [1.54, 1.807) is 12.1 Å². The molecule has 6 nitrogen and oxygen atoms in total. The second kappa shape index (κ2) is 5.29. The maximum absolute atomic E-state index is 11.0. The number of amidine groups is 1. The lowest BCUT2D eigenvalue weighted by atomic mass is 10.1. The minimum atomic E-state index is -0.556. The molecule has 0 aliphatic heterocycles. The van der Waals surface area contributed by atoms with Crippen LogP contribution in [0.4, 0.5) is 5.69 Å². The van der Waals surface area contributed by atoms with E-state index in [9.17, 15) is 4.79 Å². The number of primary amides is 1. The number of hydrogen-bond donors (Lipinski definition) is 3. The van der Waals surface area contributed by atoms with Crippen LogP contribution in [0.2, 0.25) is 0 Å². The largest absolute Gasteiger partial charge is 0.387 e. The lowest BCUT2D eigenvalue weighted by Crippen LogP contribution is -2.32. The molecule has 1 heterocycles. The van der Waals surface area contributed by atoms with Crippen molar-refractivity contribution in [1.82, 2.24) is 4.98 Å². The fraction of sp³-hybridized carbons (Fsp3) is 0.364. The Morgan fingerprint density at radius 3 is 2.76 bits per heavy atom. The Morgan fingerprint density at radius 1 is 1.59 bits per heavy atom. The molecule has 0 saturated carbocycles. The van der Waals surface area contributed by atoms with Crippen LogP contribution < -0.4 is 16.4 Å². The van der Waals surface area contributed by atoms with Crippen LogP contribution in [-0.4, -0.2) is 30.3 Å². The highest BCUT2D eigenvalue weighted by atomic mass is 16.1. The number of rotatable bonds is 5. The molecule has 0 spiro atoms. The van der Waals surface area contributed by atoms with Crippen molar-refractivity contribution in [2.45, 2.75) is 6.92 Å². The first-order valence-electron chi connectivity index (χ1n) is 5.22. The quantitative estimate of drug-likeness (QED) is 0.500. The van der Waals surface area contributed by atoms with E-state index in [0.29, 0.717) is 6.54 Å². The summed E-state index contributed by atoms with van der Waals surface area (Å²) in [6.45, 7) is 2.46. The molecule has 1 unspecified atom stereocenters. The lowest BCUT2D eigenvalue weighted by Gasteiger charge is -2.22. The van der Waals surface area contributed by atoms with E-state index in [0.717, 1.165) is 5.69 Å². The molecule has 5 N–H and O–H groups in total. The van der Waals surface area contributed by atoms with Crippen LogP contribution in [0.15, 0.2) is 18.3 Å². The summed E-state index contributed by atoms with van der Waals surface area (Å²) in [5.41, 5.74) is 11.6. The first-order chi connectivity index (χ1) is 7.91. The summed E-state index contributed by atoms with van der Waals surface area (Å²) >= 11 is 0. The molecule has 0 radical (unpaired) electrons. The number of amides is 1. The Morgan fingerprint density at radius 2 is 2.24 bits per heavy atom. The van der Waals surface area contributed by atoms with Crippen LogP contribution in [0.5, 0.6) is 0 Å². The van der Waals surface area contributed by atoms with E-state index in [2.05, 4.69) is 4.98 Å². The van der Waals surface area contributed by atoms with E-state index < -0.39 is 5.91 Å². The molecule has 1 atom stereocenters. The van der Waals surface area contributed by atoms with Gasteiger partial charge in [-0.3, -0.25) is 15.2 Å². The fourth-order valence-electron chi connectivity index (χ4n) is 1.41. The zero-order valence-electron chi connectivity index (χ0n) is 9.97. The van der Waals surface area contributed by atoms with Crippen molar-refractivity contribution < 1.29 is 4.79 Å². The van der Waals surface area contributed by atoms with Crippen LogP contribution in [0.3, 0.4) is 0 Å². The molecule has 0 aliphatic rings. The molecule has 0 aromatic carbocycles. The standard InChI is InChI=1S/C11H17N5O/c1-7(10(12)13)6-16(2)8-3-4-15-9(5-8)11(14)17/h3-5,7H,6H2,1-2H3,(H3,12,13)(H2,14,17). The van der Waals surface area contributed by atoms with Gasteiger partial charge in [-0.2, -0.15) is 0 Å². The topological polar surface area (TPSA) is 109 Å². The third kappa shape index (κ3) is 3.44. The highest BCUT2D eigenvalue weighted by Gasteiger charge is 2.11. The van der Waals surface area contributed by atoms with E-state index in [1.165, 1.54) is 6.20 Å². The van der Waals surface area contributed by atoms with Crippen molar-refractivity contribution in [2.24, 2.45) is 17.4 Å². The van der Waals surface area contributed by atoms with Crippen LogP contribution >= 0.6 is 0 Å². The molecule has 0 aliphatic carbocycles. The molecular formula is C11H17N5O. The first-order valence-corrected chi connectivity index (χ1v) is 5.22. The summed E-state index contributed by atoms with van der Waals surface area (Å²) in [4.78, 5) is 16.8. The molecule has 6 heteroatoms. The molecule has 1 rings (SSSR count). The van der Waals surface area contributed by atoms with Gasteiger partial charge in [-0.1, -0.05) is 6.92 Å². The number of nitrogens with one attached hydrogen (secondary N) is 1. The fourth-order valence-corrected chi connectivity index (χ4v) is 1.41. The molecule has 1 aromatic rings. The van der Waals surface area contributed by atoms with Crippen molar-refractivity contribution in [1.29, 1.82) is 5.41 Å². The van der Waals surface area contributed by atoms with Gasteiger partial charge in [0.05, 0.1) is 5.84 Å². The minimum Gasteiger partial charge on any atom is -0.387 e. The first kappa shape index (κ1) is 13.0. The van der Waals surface area contributed by atoms with Gasteiger partial charge >= 0.3 is 0 Å². The number of carbonyl (C=O) groups is 1. The minimum absolute atomic E-state index is 0.0507. The summed E-state index contributed by atoms with van der Waals surface area (Å²) in [6, 6.07) is 3.40. The van der Waals surface area contributed by atoms with Crippen molar-refractivity contribution in [3.8, 4) is 0 Å². The summed E-state index contributed by atoms with van der Waals surface area (Å²) in [6.07, 6.45) is 1.53. The number of nitrogens with zero attached hydrogens (tertiary/aromatic N) is 2. The monoisotopic (exact) mass is 235 g/mol. The molecule has 17 heavy (non-hydrogen) atoms. The normalized spacial score (nSPS) is 11.9. The third-order valence-corrected chi connectivity index (χ3v) is 2.52. The summed E-state index contributed by atoms with van der Waals surface area (Å²) in [7, 11) is 1.86. The number of anilines is 1. The van der Waals surface area contributed by atoms with Gasteiger partial charge in [-0.25, -0.2) is 0 Å². The van der Waals surface area contributed by atoms with Crippen molar-refractivity contribution in [3.05, 3.63) is 24.0 Å². The molecule has 92 valence electrons.